The first-order valence-corrected chi connectivity index (χ1v) is 12.6. The molecule has 1 aliphatic rings. The molecule has 5 atom stereocenters. The summed E-state index contributed by atoms with van der Waals surface area (Å²) in [4.78, 5) is 44.6. The van der Waals surface area contributed by atoms with E-state index < -0.39 is 79.8 Å². The highest BCUT2D eigenvalue weighted by atomic mass is 31.2. The zero-order valence-electron chi connectivity index (χ0n) is 20.7. The lowest BCUT2D eigenvalue weighted by atomic mass is 10.1. The number of nitrogen functional groups attached to an aromatic ring is 1. The van der Waals surface area contributed by atoms with Gasteiger partial charge in [-0.25, -0.2) is 28.6 Å². The highest BCUT2D eigenvalue weighted by molar-refractivity contribution is 7.51. The van der Waals surface area contributed by atoms with Crippen molar-refractivity contribution < 1.29 is 46.7 Å². The molecule has 18 nitrogen and oxygen atoms in total. The molecule has 39 heavy (non-hydrogen) atoms. The summed E-state index contributed by atoms with van der Waals surface area (Å²) in [5.41, 5.74) is 4.10. The van der Waals surface area contributed by atoms with E-state index in [2.05, 4.69) is 20.0 Å². The van der Waals surface area contributed by atoms with Crippen LogP contribution in [-0.2, 0) is 41.5 Å². The molecule has 2 aromatic rings. The molecule has 0 saturated carbocycles. The van der Waals surface area contributed by atoms with Crippen molar-refractivity contribution in [3.8, 4) is 0 Å². The largest absolute Gasteiger partial charge is 0.465 e. The molecular formula is C18H25F2N8O10P. The Labute approximate surface area is 217 Å². The first kappa shape index (κ1) is 30.1. The summed E-state index contributed by atoms with van der Waals surface area (Å²) < 4.78 is 64.9. The maximum atomic E-state index is 14.8. The molecule has 3 heterocycles. The number of hydrogen-bond acceptors (Lipinski definition) is 14. The van der Waals surface area contributed by atoms with Crippen molar-refractivity contribution in [2.45, 2.75) is 50.9 Å². The van der Waals surface area contributed by atoms with Crippen LogP contribution in [0.1, 0.15) is 25.8 Å². The summed E-state index contributed by atoms with van der Waals surface area (Å²) >= 11 is 0. The number of carbonyl (C=O) groups is 1. The highest BCUT2D eigenvalue weighted by Gasteiger charge is 2.60. The molecule has 4 N–H and O–H groups in total. The van der Waals surface area contributed by atoms with Gasteiger partial charge < -0.3 is 30.4 Å². The van der Waals surface area contributed by atoms with Gasteiger partial charge in [0.1, 0.15) is 37.0 Å². The number of imidazole rings is 1. The van der Waals surface area contributed by atoms with Gasteiger partial charge in [0.25, 0.3) is 0 Å². The normalized spacial score (nSPS) is 22.8. The van der Waals surface area contributed by atoms with Crippen molar-refractivity contribution in [2.75, 3.05) is 18.9 Å². The second-order valence-corrected chi connectivity index (χ2v) is 9.86. The summed E-state index contributed by atoms with van der Waals surface area (Å²) in [6, 6.07) is -1.29. The van der Waals surface area contributed by atoms with Crippen LogP contribution in [0.5, 0.6) is 0 Å². The van der Waals surface area contributed by atoms with E-state index in [4.69, 9.17) is 24.3 Å². The molecule has 1 saturated heterocycles. The number of rotatable bonds is 12. The number of aromatic nitrogens is 5. The third kappa shape index (κ3) is 6.60. The fraction of sp³-hybridized carbons (Fsp3) is 0.611. The van der Waals surface area contributed by atoms with Gasteiger partial charge >= 0.3 is 31.3 Å². The molecule has 0 radical (unpaired) electrons. The predicted octanol–water partition coefficient (Wildman–Crippen LogP) is -0.361. The van der Waals surface area contributed by atoms with Gasteiger partial charge in [0.05, 0.1) is 20.3 Å². The van der Waals surface area contributed by atoms with E-state index in [0.29, 0.717) is 10.9 Å². The number of nitrogens with two attached hydrogens (primary N) is 1. The number of esters is 1. The molecule has 0 aromatic carbocycles. The van der Waals surface area contributed by atoms with Gasteiger partial charge in [0.15, 0.2) is 6.10 Å². The standard InChI is InChI=1S/C18H25F2N8O10P/c1-4-35-13(30)9(2)25-39(34,36-6-10-5-22-16(26(10)3)28(32)33)37-7-11-12(29)18(19,20)14(38-11)27-8-23-15(21)24-17(27)31/h5,8-9,11-12,14,29H,4,6-7H2,1-3H3,(H,25,34)(H2,21,24,31)/t9-,11?,12?,14+,39?/m0/s1. The average molecular weight is 582 g/mol. The Hall–Kier alpha value is -3.42. The van der Waals surface area contributed by atoms with Gasteiger partial charge in [-0.15, -0.1) is 0 Å². The van der Waals surface area contributed by atoms with E-state index in [1.165, 1.54) is 20.9 Å². The molecule has 21 heteroatoms. The molecule has 3 rings (SSSR count). The number of aliphatic hydroxyl groups is 1. The first-order chi connectivity index (χ1) is 18.2. The van der Waals surface area contributed by atoms with Crippen LogP contribution in [0.3, 0.4) is 0 Å². The van der Waals surface area contributed by atoms with Crippen LogP contribution in [0.4, 0.5) is 20.7 Å². The van der Waals surface area contributed by atoms with Gasteiger partial charge in [-0.1, -0.05) is 4.98 Å². The van der Waals surface area contributed by atoms with E-state index in [0.717, 1.165) is 10.8 Å². The van der Waals surface area contributed by atoms with E-state index in [9.17, 15) is 38.2 Å². The van der Waals surface area contributed by atoms with Crippen LogP contribution >= 0.6 is 7.75 Å². The molecule has 0 bridgehead atoms. The third-order valence-electron chi connectivity index (χ3n) is 5.38. The lowest BCUT2D eigenvalue weighted by Gasteiger charge is -2.24. The number of carbonyl (C=O) groups excluding carboxylic acids is 1. The number of nitrogens with one attached hydrogen (secondary N) is 1. The van der Waals surface area contributed by atoms with Crippen molar-refractivity contribution in [1.82, 2.24) is 29.2 Å². The average Bonchev–Trinajstić information content (AvgIpc) is 3.33. The summed E-state index contributed by atoms with van der Waals surface area (Å²) in [6.45, 7) is 1.19. The van der Waals surface area contributed by atoms with Gasteiger partial charge in [0.2, 0.25) is 12.2 Å². The summed E-state index contributed by atoms with van der Waals surface area (Å²) in [7, 11) is -3.30. The Morgan fingerprint density at radius 3 is 2.72 bits per heavy atom. The van der Waals surface area contributed by atoms with Crippen LogP contribution in [0.25, 0.3) is 0 Å². The third-order valence-corrected chi connectivity index (χ3v) is 7.05. The molecule has 3 unspecified atom stereocenters. The quantitative estimate of drug-likeness (QED) is 0.125. The fourth-order valence-corrected chi connectivity index (χ4v) is 4.80. The smallest absolute Gasteiger partial charge is 0.434 e. The molecule has 1 fully saturated rings. The van der Waals surface area contributed by atoms with Crippen LogP contribution in [0.2, 0.25) is 0 Å². The Kier molecular flexibility index (Phi) is 9.08. The number of hydrogen-bond donors (Lipinski definition) is 3. The number of alkyl halides is 2. The minimum absolute atomic E-state index is 0.0116. The Morgan fingerprint density at radius 1 is 1.44 bits per heavy atom. The second kappa shape index (κ2) is 11.8. The van der Waals surface area contributed by atoms with Crippen molar-refractivity contribution in [1.29, 1.82) is 0 Å². The molecular weight excluding hydrogens is 557 g/mol. The monoisotopic (exact) mass is 582 g/mol. The Morgan fingerprint density at radius 2 is 2.13 bits per heavy atom. The van der Waals surface area contributed by atoms with Crippen LogP contribution in [0, 0.1) is 10.1 Å². The first-order valence-electron chi connectivity index (χ1n) is 11.1. The molecule has 0 spiro atoms. The molecule has 0 aliphatic carbocycles. The van der Waals surface area contributed by atoms with Gasteiger partial charge in [0, 0.05) is 0 Å². The van der Waals surface area contributed by atoms with Crippen molar-refractivity contribution in [3.05, 3.63) is 38.8 Å². The zero-order valence-corrected chi connectivity index (χ0v) is 21.6. The lowest BCUT2D eigenvalue weighted by molar-refractivity contribution is -0.396. The number of anilines is 1. The topological polar surface area (TPSA) is 238 Å². The second-order valence-electron chi connectivity index (χ2n) is 8.09. The Bertz CT molecular complexity index is 1320. The van der Waals surface area contributed by atoms with E-state index >= 15 is 0 Å². The van der Waals surface area contributed by atoms with Gasteiger partial charge in [-0.2, -0.15) is 13.8 Å². The number of nitrogens with zero attached hydrogens (tertiary/aromatic N) is 6. The number of ether oxygens (including phenoxy) is 2. The van der Waals surface area contributed by atoms with Gasteiger partial charge in [-0.3, -0.25) is 13.8 Å². The Balaban J connectivity index is 1.80. The van der Waals surface area contributed by atoms with Crippen molar-refractivity contribution in [2.24, 2.45) is 7.05 Å². The van der Waals surface area contributed by atoms with Crippen molar-refractivity contribution >= 4 is 25.6 Å². The molecule has 216 valence electrons. The number of halogens is 2. The summed E-state index contributed by atoms with van der Waals surface area (Å²) in [5, 5.41) is 23.5. The fourth-order valence-electron chi connectivity index (χ4n) is 3.35. The van der Waals surface area contributed by atoms with E-state index in [1.807, 2.05) is 0 Å². The minimum Gasteiger partial charge on any atom is -0.465 e. The minimum atomic E-state index is -4.59. The maximum absolute atomic E-state index is 14.8. The summed E-state index contributed by atoms with van der Waals surface area (Å²) in [5.74, 6) is -5.93. The van der Waals surface area contributed by atoms with Crippen molar-refractivity contribution in [3.63, 3.8) is 0 Å². The van der Waals surface area contributed by atoms with E-state index in [-0.39, 0.29) is 12.3 Å². The van der Waals surface area contributed by atoms with Crippen LogP contribution in [-0.4, -0.2) is 77.5 Å². The molecule has 1 aliphatic heterocycles. The van der Waals surface area contributed by atoms with Gasteiger partial charge in [-0.05, 0) is 18.8 Å². The summed E-state index contributed by atoms with van der Waals surface area (Å²) in [6.07, 6.45) is -5.05. The lowest BCUT2D eigenvalue weighted by Crippen LogP contribution is -2.42. The number of nitro groups is 1. The van der Waals surface area contributed by atoms with Crippen LogP contribution in [0.15, 0.2) is 17.3 Å². The zero-order chi connectivity index (χ0) is 29.1. The number of aliphatic hydroxyl groups excluding tert-OH is 1. The van der Waals surface area contributed by atoms with E-state index in [1.54, 1.807) is 0 Å². The highest BCUT2D eigenvalue weighted by Crippen LogP contribution is 2.48. The molecule has 2 aromatic heterocycles. The predicted molar refractivity (Wildman–Crippen MR) is 123 cm³/mol. The van der Waals surface area contributed by atoms with Crippen LogP contribution < -0.4 is 16.5 Å². The SMILES string of the molecule is CCOC(=O)[C@H](C)NP(=O)(OCc1cnc([N+](=O)[O-])n1C)OCC1O[C@@H](n2cnc(N)nc2=O)C(F)(F)C1O. The molecule has 0 amide bonds. The maximum Gasteiger partial charge on any atom is 0.434 e.